The van der Waals surface area contributed by atoms with Crippen molar-refractivity contribution in [3.63, 3.8) is 0 Å². The summed E-state index contributed by atoms with van der Waals surface area (Å²) < 4.78 is 42.6. The number of nitrogens with one attached hydrogen (secondary N) is 2. The standard InChI is InChI=1S/C21H15F3N4O2/c1-25-20(29)14-6-12(8-26-9-14)13-7-16-17(11-28-19(16)27-10-13)15-4-2-3-5-18(15)30-21(22,23)24/h2-11H,1H3,(H,25,29)(H,27,28). The van der Waals surface area contributed by atoms with E-state index in [1.807, 2.05) is 0 Å². The van der Waals surface area contributed by atoms with Crippen LogP contribution >= 0.6 is 0 Å². The number of hydrogen-bond donors (Lipinski definition) is 2. The molecule has 0 unspecified atom stereocenters. The molecule has 6 nitrogen and oxygen atoms in total. The van der Waals surface area contributed by atoms with Crippen LogP contribution in [0.25, 0.3) is 33.3 Å². The van der Waals surface area contributed by atoms with Crippen LogP contribution in [-0.2, 0) is 0 Å². The first kappa shape index (κ1) is 19.4. The summed E-state index contributed by atoms with van der Waals surface area (Å²) >= 11 is 0. The molecule has 4 rings (SSSR count). The zero-order chi connectivity index (χ0) is 21.3. The molecule has 0 radical (unpaired) electrons. The van der Waals surface area contributed by atoms with E-state index in [1.54, 1.807) is 42.9 Å². The first-order chi connectivity index (χ1) is 14.4. The molecule has 152 valence electrons. The number of hydrogen-bond acceptors (Lipinski definition) is 4. The molecule has 0 bridgehead atoms. The second-order valence-electron chi connectivity index (χ2n) is 6.41. The summed E-state index contributed by atoms with van der Waals surface area (Å²) in [5.74, 6) is -0.585. The van der Waals surface area contributed by atoms with Gasteiger partial charge in [-0.2, -0.15) is 0 Å². The van der Waals surface area contributed by atoms with E-state index < -0.39 is 6.36 Å². The van der Waals surface area contributed by atoms with Gasteiger partial charge in [-0.1, -0.05) is 18.2 Å². The summed E-state index contributed by atoms with van der Waals surface area (Å²) in [6.45, 7) is 0. The van der Waals surface area contributed by atoms with Crippen molar-refractivity contribution in [1.82, 2.24) is 20.3 Å². The number of aromatic amines is 1. The summed E-state index contributed by atoms with van der Waals surface area (Å²) in [4.78, 5) is 23.3. The minimum Gasteiger partial charge on any atom is -0.405 e. The van der Waals surface area contributed by atoms with Gasteiger partial charge in [0, 0.05) is 59.5 Å². The largest absolute Gasteiger partial charge is 0.573 e. The molecule has 30 heavy (non-hydrogen) atoms. The molecule has 1 aromatic carbocycles. The van der Waals surface area contributed by atoms with Gasteiger partial charge in [-0.05, 0) is 18.2 Å². The van der Waals surface area contributed by atoms with Crippen LogP contribution in [0.4, 0.5) is 13.2 Å². The second-order valence-corrected chi connectivity index (χ2v) is 6.41. The summed E-state index contributed by atoms with van der Waals surface area (Å²) in [5.41, 5.74) is 2.99. The fraction of sp³-hybridized carbons (Fsp3) is 0.0952. The van der Waals surface area contributed by atoms with Gasteiger partial charge >= 0.3 is 6.36 Å². The first-order valence-electron chi connectivity index (χ1n) is 8.85. The molecule has 0 fully saturated rings. The third kappa shape index (κ3) is 3.82. The van der Waals surface area contributed by atoms with Gasteiger partial charge in [-0.3, -0.25) is 9.78 Å². The number of aromatic nitrogens is 3. The van der Waals surface area contributed by atoms with E-state index in [0.29, 0.717) is 33.3 Å². The van der Waals surface area contributed by atoms with Crippen molar-refractivity contribution >= 4 is 16.9 Å². The highest BCUT2D eigenvalue weighted by Crippen LogP contribution is 2.38. The predicted molar refractivity (Wildman–Crippen MR) is 105 cm³/mol. The number of fused-ring (bicyclic) bond motifs is 1. The van der Waals surface area contributed by atoms with Crippen LogP contribution in [0.5, 0.6) is 5.75 Å². The fourth-order valence-corrected chi connectivity index (χ4v) is 3.15. The molecule has 4 aromatic rings. The Morgan fingerprint density at radius 1 is 1.07 bits per heavy atom. The molecule has 0 saturated carbocycles. The number of carbonyl (C=O) groups is 1. The van der Waals surface area contributed by atoms with Gasteiger partial charge in [-0.15, -0.1) is 13.2 Å². The Balaban J connectivity index is 1.82. The maximum atomic E-state index is 12.8. The Morgan fingerprint density at radius 3 is 2.60 bits per heavy atom. The van der Waals surface area contributed by atoms with E-state index in [0.717, 1.165) is 0 Å². The number of para-hydroxylation sites is 1. The van der Waals surface area contributed by atoms with Gasteiger partial charge in [0.15, 0.2) is 0 Å². The molecule has 9 heteroatoms. The highest BCUT2D eigenvalue weighted by atomic mass is 19.4. The van der Waals surface area contributed by atoms with Crippen molar-refractivity contribution in [3.05, 3.63) is 66.7 Å². The van der Waals surface area contributed by atoms with E-state index in [2.05, 4.69) is 25.0 Å². The second kappa shape index (κ2) is 7.51. The van der Waals surface area contributed by atoms with Crippen molar-refractivity contribution in [2.24, 2.45) is 0 Å². The molecule has 0 spiro atoms. The van der Waals surface area contributed by atoms with Gasteiger partial charge in [0.05, 0.1) is 5.56 Å². The SMILES string of the molecule is CNC(=O)c1cncc(-c2cnc3[nH]cc(-c4ccccc4OC(F)(F)F)c3c2)c1. The maximum Gasteiger partial charge on any atom is 0.573 e. The minimum atomic E-state index is -4.81. The first-order valence-corrected chi connectivity index (χ1v) is 8.85. The molecule has 1 amide bonds. The van der Waals surface area contributed by atoms with Gasteiger partial charge in [0.2, 0.25) is 0 Å². The van der Waals surface area contributed by atoms with Crippen LogP contribution in [-0.4, -0.2) is 34.3 Å². The third-order valence-electron chi connectivity index (χ3n) is 4.49. The monoisotopic (exact) mass is 412 g/mol. The third-order valence-corrected chi connectivity index (χ3v) is 4.49. The number of H-pyrrole nitrogens is 1. The Kier molecular flexibility index (Phi) is 4.86. The molecule has 0 aliphatic rings. The molecule has 3 aromatic heterocycles. The van der Waals surface area contributed by atoms with Crippen molar-refractivity contribution in [2.45, 2.75) is 6.36 Å². The van der Waals surface area contributed by atoms with Crippen LogP contribution < -0.4 is 10.1 Å². The number of rotatable bonds is 4. The number of halogens is 3. The zero-order valence-electron chi connectivity index (χ0n) is 15.6. The molecule has 0 aliphatic heterocycles. The lowest BCUT2D eigenvalue weighted by Crippen LogP contribution is -2.17. The lowest BCUT2D eigenvalue weighted by Gasteiger charge is -2.13. The Labute approximate surface area is 168 Å². The fourth-order valence-electron chi connectivity index (χ4n) is 3.15. The van der Waals surface area contributed by atoms with Crippen LogP contribution in [0.15, 0.2) is 61.2 Å². The molecule has 0 saturated heterocycles. The van der Waals surface area contributed by atoms with Crippen molar-refractivity contribution < 1.29 is 22.7 Å². The molecule has 0 aliphatic carbocycles. The average Bonchev–Trinajstić information content (AvgIpc) is 3.15. The molecular weight excluding hydrogens is 397 g/mol. The number of benzene rings is 1. The van der Waals surface area contributed by atoms with Crippen molar-refractivity contribution in [2.75, 3.05) is 7.05 Å². The quantitative estimate of drug-likeness (QED) is 0.515. The van der Waals surface area contributed by atoms with E-state index in [4.69, 9.17) is 0 Å². The summed E-state index contributed by atoms with van der Waals surface area (Å²) in [5, 5.41) is 3.14. The van der Waals surface area contributed by atoms with E-state index in [9.17, 15) is 18.0 Å². The Bertz CT molecular complexity index is 1230. The van der Waals surface area contributed by atoms with E-state index >= 15 is 0 Å². The summed E-state index contributed by atoms with van der Waals surface area (Å²) in [7, 11) is 1.52. The minimum absolute atomic E-state index is 0.275. The summed E-state index contributed by atoms with van der Waals surface area (Å²) in [6.07, 6.45) is 1.41. The number of nitrogens with zero attached hydrogens (tertiary/aromatic N) is 2. The number of alkyl halides is 3. The smallest absolute Gasteiger partial charge is 0.405 e. The van der Waals surface area contributed by atoms with Crippen molar-refractivity contribution in [1.29, 1.82) is 0 Å². The molecule has 3 heterocycles. The molecule has 0 atom stereocenters. The zero-order valence-corrected chi connectivity index (χ0v) is 15.6. The van der Waals surface area contributed by atoms with Gasteiger partial charge in [-0.25, -0.2) is 4.98 Å². The van der Waals surface area contributed by atoms with Crippen LogP contribution in [0, 0.1) is 0 Å². The average molecular weight is 412 g/mol. The Morgan fingerprint density at radius 2 is 1.83 bits per heavy atom. The number of amides is 1. The normalized spacial score (nSPS) is 11.5. The van der Waals surface area contributed by atoms with Gasteiger partial charge in [0.1, 0.15) is 11.4 Å². The van der Waals surface area contributed by atoms with Gasteiger partial charge < -0.3 is 15.0 Å². The van der Waals surface area contributed by atoms with Crippen LogP contribution in [0.3, 0.4) is 0 Å². The molecular formula is C21H15F3N4O2. The maximum absolute atomic E-state index is 12.8. The van der Waals surface area contributed by atoms with Crippen molar-refractivity contribution in [3.8, 4) is 28.0 Å². The van der Waals surface area contributed by atoms with E-state index in [-0.39, 0.29) is 17.2 Å². The molecule has 2 N–H and O–H groups in total. The van der Waals surface area contributed by atoms with E-state index in [1.165, 1.54) is 25.4 Å². The highest BCUT2D eigenvalue weighted by molar-refractivity contribution is 5.98. The highest BCUT2D eigenvalue weighted by Gasteiger charge is 2.32. The predicted octanol–water partition coefficient (Wildman–Crippen LogP) is 4.55. The lowest BCUT2D eigenvalue weighted by molar-refractivity contribution is -0.274. The van der Waals surface area contributed by atoms with Crippen LogP contribution in [0.2, 0.25) is 0 Å². The number of carbonyl (C=O) groups excluding carboxylic acids is 1. The lowest BCUT2D eigenvalue weighted by atomic mass is 10.0. The topological polar surface area (TPSA) is 79.9 Å². The Hall–Kier alpha value is -3.88. The van der Waals surface area contributed by atoms with Crippen LogP contribution in [0.1, 0.15) is 10.4 Å². The number of ether oxygens (including phenoxy) is 1. The van der Waals surface area contributed by atoms with Gasteiger partial charge in [0.25, 0.3) is 5.91 Å². The number of pyridine rings is 2. The summed E-state index contributed by atoms with van der Waals surface area (Å²) in [6, 6.07) is 9.36.